The minimum Gasteiger partial charge on any atom is -0.548 e. The number of aliphatic carboxylic acids is 1. The highest BCUT2D eigenvalue weighted by atomic mass is 16.4. The second-order valence-corrected chi connectivity index (χ2v) is 5.54. The second kappa shape index (κ2) is 5.31. The van der Waals surface area contributed by atoms with Crippen LogP contribution in [0.1, 0.15) is 18.4 Å². The number of fused-ring (bicyclic) bond motifs is 1. The molecular weight excluding hydrogens is 240 g/mol. The van der Waals surface area contributed by atoms with Gasteiger partial charge in [0.15, 0.2) is 0 Å². The van der Waals surface area contributed by atoms with Crippen molar-refractivity contribution in [2.24, 2.45) is 0 Å². The first-order valence-electron chi connectivity index (χ1n) is 6.97. The van der Waals surface area contributed by atoms with Crippen LogP contribution in [0.15, 0.2) is 30.3 Å². The van der Waals surface area contributed by atoms with Gasteiger partial charge in [0.25, 0.3) is 0 Å². The predicted molar refractivity (Wildman–Crippen MR) is 70.2 cm³/mol. The Labute approximate surface area is 113 Å². The highest BCUT2D eigenvalue weighted by molar-refractivity contribution is 5.71. The Morgan fingerprint density at radius 2 is 2.05 bits per heavy atom. The third-order valence-corrected chi connectivity index (χ3v) is 4.29. The van der Waals surface area contributed by atoms with Crippen LogP contribution in [-0.2, 0) is 11.3 Å². The molecule has 4 nitrogen and oxygen atoms in total. The Morgan fingerprint density at radius 1 is 1.26 bits per heavy atom. The van der Waals surface area contributed by atoms with Crippen LogP contribution >= 0.6 is 0 Å². The molecule has 0 amide bonds. The van der Waals surface area contributed by atoms with Gasteiger partial charge in [-0.15, -0.1) is 0 Å². The van der Waals surface area contributed by atoms with Crippen LogP contribution < -0.4 is 5.11 Å². The molecule has 2 fully saturated rings. The number of carbonyl (C=O) groups is 1. The molecule has 1 aromatic carbocycles. The summed E-state index contributed by atoms with van der Waals surface area (Å²) in [5, 5.41) is 11.4. The Bertz CT molecular complexity index is 449. The lowest BCUT2D eigenvalue weighted by molar-refractivity contribution is -0.313. The van der Waals surface area contributed by atoms with E-state index in [9.17, 15) is 9.90 Å². The summed E-state index contributed by atoms with van der Waals surface area (Å²) < 4.78 is 0. The number of carbonyl (C=O) groups excluding carboxylic acids is 1. The van der Waals surface area contributed by atoms with Crippen LogP contribution in [-0.4, -0.2) is 47.5 Å². The maximum atomic E-state index is 11.4. The van der Waals surface area contributed by atoms with Gasteiger partial charge in [-0.05, 0) is 24.9 Å². The van der Waals surface area contributed by atoms with Crippen molar-refractivity contribution in [3.63, 3.8) is 0 Å². The lowest BCUT2D eigenvalue weighted by Crippen LogP contribution is -2.61. The van der Waals surface area contributed by atoms with Crippen LogP contribution in [0.4, 0.5) is 0 Å². The topological polar surface area (TPSA) is 46.6 Å². The van der Waals surface area contributed by atoms with Gasteiger partial charge < -0.3 is 9.90 Å². The SMILES string of the molecule is O=C([O-])C1CN2CCCC2CN1Cc1ccccc1. The molecule has 0 radical (unpaired) electrons. The van der Waals surface area contributed by atoms with Gasteiger partial charge in [0.05, 0.1) is 12.0 Å². The van der Waals surface area contributed by atoms with Crippen molar-refractivity contribution in [1.29, 1.82) is 0 Å². The number of hydrogen-bond acceptors (Lipinski definition) is 4. The first-order chi connectivity index (χ1) is 9.24. The summed E-state index contributed by atoms with van der Waals surface area (Å²) in [5.41, 5.74) is 1.17. The molecule has 3 rings (SSSR count). The van der Waals surface area contributed by atoms with Gasteiger partial charge >= 0.3 is 0 Å². The second-order valence-electron chi connectivity index (χ2n) is 5.54. The van der Waals surface area contributed by atoms with E-state index in [4.69, 9.17) is 0 Å². The molecule has 0 aromatic heterocycles. The molecule has 2 atom stereocenters. The molecule has 2 aliphatic heterocycles. The van der Waals surface area contributed by atoms with Gasteiger partial charge in [-0.25, -0.2) is 0 Å². The molecule has 1 aromatic rings. The van der Waals surface area contributed by atoms with Crippen molar-refractivity contribution in [3.8, 4) is 0 Å². The highest BCUT2D eigenvalue weighted by Gasteiger charge is 2.36. The minimum atomic E-state index is -0.943. The molecule has 2 unspecified atom stereocenters. The van der Waals surface area contributed by atoms with Crippen LogP contribution in [0.3, 0.4) is 0 Å². The molecule has 0 bridgehead atoms. The lowest BCUT2D eigenvalue weighted by atomic mass is 10.1. The third kappa shape index (κ3) is 2.65. The third-order valence-electron chi connectivity index (χ3n) is 4.29. The van der Waals surface area contributed by atoms with E-state index in [1.807, 2.05) is 30.3 Å². The fourth-order valence-corrected chi connectivity index (χ4v) is 3.29. The monoisotopic (exact) mass is 259 g/mol. The van der Waals surface area contributed by atoms with Gasteiger partial charge in [0, 0.05) is 25.7 Å². The van der Waals surface area contributed by atoms with Crippen molar-refractivity contribution < 1.29 is 9.90 Å². The number of carboxylic acid groups (broad SMARTS) is 1. The summed E-state index contributed by atoms with van der Waals surface area (Å²) in [6.07, 6.45) is 2.37. The standard InChI is InChI=1S/C15H20N2O2/c18-15(19)14-11-16-8-4-7-13(16)10-17(14)9-12-5-2-1-3-6-12/h1-3,5-6,13-14H,4,7-11H2,(H,18,19)/p-1. The maximum Gasteiger partial charge on any atom is 0.0625 e. The Balaban J connectivity index is 1.75. The zero-order valence-electron chi connectivity index (χ0n) is 11.0. The average Bonchev–Trinajstić information content (AvgIpc) is 2.86. The zero-order valence-corrected chi connectivity index (χ0v) is 11.0. The number of hydrogen-bond donors (Lipinski definition) is 0. The first kappa shape index (κ1) is 12.6. The van der Waals surface area contributed by atoms with Crippen LogP contribution in [0.25, 0.3) is 0 Å². The highest BCUT2D eigenvalue weighted by Crippen LogP contribution is 2.25. The molecule has 4 heteroatoms. The number of benzene rings is 1. The molecule has 102 valence electrons. The van der Waals surface area contributed by atoms with Crippen LogP contribution in [0, 0.1) is 0 Å². The van der Waals surface area contributed by atoms with Gasteiger partial charge in [-0.2, -0.15) is 0 Å². The summed E-state index contributed by atoms with van der Waals surface area (Å²) in [7, 11) is 0. The zero-order chi connectivity index (χ0) is 13.2. The normalized spacial score (nSPS) is 28.2. The summed E-state index contributed by atoms with van der Waals surface area (Å²) in [5.74, 6) is -0.943. The van der Waals surface area contributed by atoms with E-state index in [0.717, 1.165) is 13.1 Å². The number of carboxylic acids is 1. The Kier molecular flexibility index (Phi) is 3.53. The van der Waals surface area contributed by atoms with Crippen LogP contribution in [0.5, 0.6) is 0 Å². The van der Waals surface area contributed by atoms with E-state index < -0.39 is 12.0 Å². The Morgan fingerprint density at radius 3 is 2.79 bits per heavy atom. The fourth-order valence-electron chi connectivity index (χ4n) is 3.29. The average molecular weight is 259 g/mol. The maximum absolute atomic E-state index is 11.4. The number of piperazine rings is 1. The van der Waals surface area contributed by atoms with Gasteiger partial charge in [-0.1, -0.05) is 30.3 Å². The fraction of sp³-hybridized carbons (Fsp3) is 0.533. The molecule has 0 saturated carbocycles. The van der Waals surface area contributed by atoms with Crippen LogP contribution in [0.2, 0.25) is 0 Å². The summed E-state index contributed by atoms with van der Waals surface area (Å²) in [4.78, 5) is 15.7. The summed E-state index contributed by atoms with van der Waals surface area (Å²) in [6, 6.07) is 10.1. The number of nitrogens with zero attached hydrogens (tertiary/aromatic N) is 2. The lowest BCUT2D eigenvalue weighted by Gasteiger charge is -2.44. The van der Waals surface area contributed by atoms with E-state index in [2.05, 4.69) is 9.80 Å². The summed E-state index contributed by atoms with van der Waals surface area (Å²) in [6.45, 7) is 3.19. The van der Waals surface area contributed by atoms with Crippen molar-refractivity contribution >= 4 is 5.97 Å². The predicted octanol–water partition coefficient (Wildman–Crippen LogP) is 0.0851. The van der Waals surface area contributed by atoms with E-state index >= 15 is 0 Å². The van der Waals surface area contributed by atoms with E-state index in [1.54, 1.807) is 0 Å². The van der Waals surface area contributed by atoms with E-state index in [-0.39, 0.29) is 0 Å². The van der Waals surface area contributed by atoms with Gasteiger partial charge in [-0.3, -0.25) is 9.80 Å². The first-order valence-corrected chi connectivity index (χ1v) is 6.97. The van der Waals surface area contributed by atoms with Crippen molar-refractivity contribution in [2.45, 2.75) is 31.5 Å². The molecule has 0 aliphatic carbocycles. The van der Waals surface area contributed by atoms with Crippen molar-refractivity contribution in [1.82, 2.24) is 9.80 Å². The minimum absolute atomic E-state index is 0.477. The Hall–Kier alpha value is -1.39. The molecule has 0 N–H and O–H groups in total. The quantitative estimate of drug-likeness (QED) is 0.771. The molecule has 2 saturated heterocycles. The van der Waals surface area contributed by atoms with Gasteiger partial charge in [0.2, 0.25) is 0 Å². The van der Waals surface area contributed by atoms with E-state index in [0.29, 0.717) is 19.1 Å². The van der Waals surface area contributed by atoms with Gasteiger partial charge in [0.1, 0.15) is 0 Å². The van der Waals surface area contributed by atoms with E-state index in [1.165, 1.54) is 18.4 Å². The summed E-state index contributed by atoms with van der Waals surface area (Å²) >= 11 is 0. The van der Waals surface area contributed by atoms with Crippen molar-refractivity contribution in [2.75, 3.05) is 19.6 Å². The van der Waals surface area contributed by atoms with Crippen molar-refractivity contribution in [3.05, 3.63) is 35.9 Å². The molecular formula is C15H19N2O2-. The number of rotatable bonds is 3. The smallest absolute Gasteiger partial charge is 0.0625 e. The largest absolute Gasteiger partial charge is 0.548 e. The molecule has 2 heterocycles. The molecule has 2 aliphatic rings. The molecule has 19 heavy (non-hydrogen) atoms. The molecule has 0 spiro atoms.